The second-order valence-electron chi connectivity index (χ2n) is 5.55. The number of carbonyl (C=O) groups excluding carboxylic acids is 1. The summed E-state index contributed by atoms with van der Waals surface area (Å²) in [6.45, 7) is 7.21. The first-order chi connectivity index (χ1) is 11.5. The summed E-state index contributed by atoms with van der Waals surface area (Å²) in [5.74, 6) is 0.801. The third-order valence-electron chi connectivity index (χ3n) is 3.95. The van der Waals surface area contributed by atoms with E-state index in [2.05, 4.69) is 15.2 Å². The molecule has 1 heterocycles. The maximum Gasteiger partial charge on any atom is 0.274 e. The molecule has 0 aliphatic carbocycles. The SMILES string of the molecule is CCNC(=NCc1ccccc1[N+](=O)[O-])N1CCN(C(C)=O)CC1.I. The molecule has 0 bridgehead atoms. The summed E-state index contributed by atoms with van der Waals surface area (Å²) in [4.78, 5) is 30.5. The van der Waals surface area contributed by atoms with Crippen molar-refractivity contribution in [2.75, 3.05) is 32.7 Å². The lowest BCUT2D eigenvalue weighted by Crippen LogP contribution is -2.53. The third-order valence-corrected chi connectivity index (χ3v) is 3.95. The lowest BCUT2D eigenvalue weighted by Gasteiger charge is -2.36. The van der Waals surface area contributed by atoms with E-state index in [1.165, 1.54) is 6.07 Å². The van der Waals surface area contributed by atoms with Gasteiger partial charge in [0.2, 0.25) is 5.91 Å². The van der Waals surface area contributed by atoms with Gasteiger partial charge in [0.05, 0.1) is 17.0 Å². The molecular formula is C16H24IN5O3. The van der Waals surface area contributed by atoms with Crippen molar-refractivity contribution in [3.63, 3.8) is 0 Å². The maximum absolute atomic E-state index is 11.4. The molecule has 1 fully saturated rings. The molecule has 0 spiro atoms. The molecule has 9 heteroatoms. The van der Waals surface area contributed by atoms with Gasteiger partial charge in [0.25, 0.3) is 5.69 Å². The molecule has 1 amide bonds. The molecular weight excluding hydrogens is 437 g/mol. The fourth-order valence-corrected chi connectivity index (χ4v) is 2.64. The van der Waals surface area contributed by atoms with Crippen LogP contribution in [0.2, 0.25) is 0 Å². The number of aliphatic imine (C=N–C) groups is 1. The quantitative estimate of drug-likeness (QED) is 0.243. The largest absolute Gasteiger partial charge is 0.357 e. The van der Waals surface area contributed by atoms with Crippen LogP contribution in [-0.2, 0) is 11.3 Å². The second kappa shape index (κ2) is 10.2. The Labute approximate surface area is 164 Å². The number of nitro groups is 1. The Morgan fingerprint density at radius 2 is 1.84 bits per heavy atom. The van der Waals surface area contributed by atoms with Gasteiger partial charge in [-0.15, -0.1) is 24.0 Å². The summed E-state index contributed by atoms with van der Waals surface area (Å²) < 4.78 is 0. The molecule has 1 saturated heterocycles. The fraction of sp³-hybridized carbons (Fsp3) is 0.500. The minimum atomic E-state index is -0.386. The Hall–Kier alpha value is -1.91. The van der Waals surface area contributed by atoms with Crippen molar-refractivity contribution in [2.24, 2.45) is 4.99 Å². The summed E-state index contributed by atoms with van der Waals surface area (Å²) in [5.41, 5.74) is 0.666. The van der Waals surface area contributed by atoms with Crippen LogP contribution >= 0.6 is 24.0 Å². The van der Waals surface area contributed by atoms with Crippen LogP contribution in [0.15, 0.2) is 29.3 Å². The number of benzene rings is 1. The van der Waals surface area contributed by atoms with Gasteiger partial charge in [-0.1, -0.05) is 18.2 Å². The van der Waals surface area contributed by atoms with Crippen LogP contribution in [0.4, 0.5) is 5.69 Å². The van der Waals surface area contributed by atoms with E-state index in [4.69, 9.17) is 0 Å². The van der Waals surface area contributed by atoms with E-state index in [0.717, 1.165) is 5.96 Å². The van der Waals surface area contributed by atoms with Crippen molar-refractivity contribution in [3.05, 3.63) is 39.9 Å². The standard InChI is InChI=1S/C16H23N5O3.HI/c1-3-17-16(20-10-8-19(9-11-20)13(2)22)18-12-14-6-4-5-7-15(14)21(23)24;/h4-7H,3,8-12H2,1-2H3,(H,17,18);1H. The minimum absolute atomic E-state index is 0. The van der Waals surface area contributed by atoms with Crippen molar-refractivity contribution in [1.82, 2.24) is 15.1 Å². The topological polar surface area (TPSA) is 91.1 Å². The molecule has 0 unspecified atom stereocenters. The highest BCUT2D eigenvalue weighted by molar-refractivity contribution is 14.0. The molecule has 1 aliphatic rings. The second-order valence-corrected chi connectivity index (χ2v) is 5.55. The molecule has 0 aromatic heterocycles. The van der Waals surface area contributed by atoms with Crippen LogP contribution in [0.3, 0.4) is 0 Å². The number of amides is 1. The Balaban J connectivity index is 0.00000312. The van der Waals surface area contributed by atoms with Gasteiger partial charge in [0, 0.05) is 45.7 Å². The smallest absolute Gasteiger partial charge is 0.274 e. The summed E-state index contributed by atoms with van der Waals surface area (Å²) >= 11 is 0. The van der Waals surface area contributed by atoms with Crippen molar-refractivity contribution in [1.29, 1.82) is 0 Å². The van der Waals surface area contributed by atoms with Gasteiger partial charge in [0.1, 0.15) is 0 Å². The minimum Gasteiger partial charge on any atom is -0.357 e. The van der Waals surface area contributed by atoms with Crippen LogP contribution in [0.5, 0.6) is 0 Å². The van der Waals surface area contributed by atoms with Gasteiger partial charge < -0.3 is 15.1 Å². The average Bonchev–Trinajstić information content (AvgIpc) is 2.59. The van der Waals surface area contributed by atoms with E-state index < -0.39 is 0 Å². The zero-order valence-electron chi connectivity index (χ0n) is 14.5. The number of rotatable bonds is 4. The lowest BCUT2D eigenvalue weighted by molar-refractivity contribution is -0.385. The Morgan fingerprint density at radius 1 is 1.24 bits per heavy atom. The summed E-state index contributed by atoms with van der Waals surface area (Å²) in [7, 11) is 0. The van der Waals surface area contributed by atoms with Crippen molar-refractivity contribution in [3.8, 4) is 0 Å². The number of guanidine groups is 1. The number of hydrogen-bond acceptors (Lipinski definition) is 4. The van der Waals surface area contributed by atoms with Crippen molar-refractivity contribution < 1.29 is 9.72 Å². The Bertz CT molecular complexity index is 630. The molecule has 1 aromatic carbocycles. The average molecular weight is 461 g/mol. The van der Waals surface area contributed by atoms with Crippen molar-refractivity contribution >= 4 is 41.5 Å². The molecule has 0 saturated carbocycles. The zero-order valence-corrected chi connectivity index (χ0v) is 16.8. The molecule has 138 valence electrons. The first-order valence-corrected chi connectivity index (χ1v) is 8.04. The number of hydrogen-bond donors (Lipinski definition) is 1. The van der Waals surface area contributed by atoms with Gasteiger partial charge in [-0.2, -0.15) is 0 Å². The van der Waals surface area contributed by atoms with E-state index in [1.807, 2.05) is 11.8 Å². The van der Waals surface area contributed by atoms with Crippen molar-refractivity contribution in [2.45, 2.75) is 20.4 Å². The molecule has 25 heavy (non-hydrogen) atoms. The maximum atomic E-state index is 11.4. The molecule has 0 atom stereocenters. The predicted molar refractivity (Wildman–Crippen MR) is 107 cm³/mol. The number of nitrogens with zero attached hydrogens (tertiary/aromatic N) is 4. The third kappa shape index (κ3) is 5.83. The summed E-state index contributed by atoms with van der Waals surface area (Å²) in [6.07, 6.45) is 0. The highest BCUT2D eigenvalue weighted by Crippen LogP contribution is 2.18. The molecule has 1 N–H and O–H groups in total. The Kier molecular flexibility index (Phi) is 8.59. The number of para-hydroxylation sites is 1. The van der Waals surface area contributed by atoms with Crippen LogP contribution < -0.4 is 5.32 Å². The van der Waals surface area contributed by atoms with Gasteiger partial charge in [-0.25, -0.2) is 4.99 Å². The zero-order chi connectivity index (χ0) is 17.5. The first-order valence-electron chi connectivity index (χ1n) is 8.04. The number of nitro benzene ring substituents is 1. The highest BCUT2D eigenvalue weighted by atomic mass is 127. The molecule has 1 aliphatic heterocycles. The predicted octanol–water partition coefficient (Wildman–Crippen LogP) is 1.84. The van der Waals surface area contributed by atoms with Gasteiger partial charge in [0.15, 0.2) is 5.96 Å². The van der Waals surface area contributed by atoms with Crippen LogP contribution in [0.1, 0.15) is 19.4 Å². The Morgan fingerprint density at radius 3 is 2.40 bits per heavy atom. The van der Waals surface area contributed by atoms with E-state index >= 15 is 0 Å². The van der Waals surface area contributed by atoms with Crippen LogP contribution in [0.25, 0.3) is 0 Å². The van der Waals surface area contributed by atoms with Gasteiger partial charge >= 0.3 is 0 Å². The normalized spacial score (nSPS) is 14.7. The van der Waals surface area contributed by atoms with Crippen LogP contribution in [-0.4, -0.2) is 59.3 Å². The summed E-state index contributed by atoms with van der Waals surface area (Å²) in [6, 6.07) is 6.64. The monoisotopic (exact) mass is 461 g/mol. The fourth-order valence-electron chi connectivity index (χ4n) is 2.64. The number of piperazine rings is 1. The molecule has 2 rings (SSSR count). The lowest BCUT2D eigenvalue weighted by atomic mass is 10.2. The van der Waals surface area contributed by atoms with E-state index in [1.54, 1.807) is 25.1 Å². The van der Waals surface area contributed by atoms with Gasteiger partial charge in [-0.05, 0) is 6.92 Å². The first kappa shape index (κ1) is 21.1. The van der Waals surface area contributed by atoms with Crippen LogP contribution in [0, 0.1) is 10.1 Å². The van der Waals surface area contributed by atoms with E-state index in [-0.39, 0.29) is 47.0 Å². The summed E-state index contributed by atoms with van der Waals surface area (Å²) in [5, 5.41) is 14.3. The van der Waals surface area contributed by atoms with E-state index in [0.29, 0.717) is 38.3 Å². The number of carbonyl (C=O) groups is 1. The highest BCUT2D eigenvalue weighted by Gasteiger charge is 2.21. The van der Waals surface area contributed by atoms with E-state index in [9.17, 15) is 14.9 Å². The van der Waals surface area contributed by atoms with Gasteiger partial charge in [-0.3, -0.25) is 14.9 Å². The number of halogens is 1. The molecule has 8 nitrogen and oxygen atoms in total. The molecule has 0 radical (unpaired) electrons. The number of nitrogens with one attached hydrogen (secondary N) is 1. The molecule has 1 aromatic rings.